The number of amides is 1. The van der Waals surface area contributed by atoms with Crippen LogP contribution >= 0.6 is 11.8 Å². The largest absolute Gasteiger partial charge is 0.322 e. The highest BCUT2D eigenvalue weighted by molar-refractivity contribution is 7.99. The lowest BCUT2D eigenvalue weighted by Gasteiger charge is -2.05. The predicted octanol–water partition coefficient (Wildman–Crippen LogP) is 0.896. The summed E-state index contributed by atoms with van der Waals surface area (Å²) in [7, 11) is 3.70. The molecule has 0 unspecified atom stereocenters. The Hall–Kier alpha value is -1.83. The molecule has 2 aromatic heterocycles. The smallest absolute Gasteiger partial charge is 0.234 e. The van der Waals surface area contributed by atoms with E-state index in [0.29, 0.717) is 5.75 Å². The summed E-state index contributed by atoms with van der Waals surface area (Å²) in [5.41, 5.74) is 2.54. The zero-order valence-corrected chi connectivity index (χ0v) is 12.2. The van der Waals surface area contributed by atoms with Crippen LogP contribution in [-0.2, 0) is 18.9 Å². The maximum atomic E-state index is 11.9. The number of hydrogen-bond acceptors (Lipinski definition) is 5. The average molecular weight is 280 g/mol. The number of carbonyl (C=O) groups is 1. The second-order valence-corrected chi connectivity index (χ2v) is 5.17. The van der Waals surface area contributed by atoms with Crippen LogP contribution in [0.3, 0.4) is 0 Å². The van der Waals surface area contributed by atoms with Gasteiger partial charge in [-0.25, -0.2) is 0 Å². The molecule has 0 bridgehead atoms. The quantitative estimate of drug-likeness (QED) is 0.842. The van der Waals surface area contributed by atoms with Gasteiger partial charge in [-0.05, 0) is 13.8 Å². The first-order valence-electron chi connectivity index (χ1n) is 5.76. The van der Waals surface area contributed by atoms with Gasteiger partial charge < -0.3 is 9.88 Å². The van der Waals surface area contributed by atoms with Crippen molar-refractivity contribution in [1.29, 1.82) is 0 Å². The molecule has 0 atom stereocenters. The van der Waals surface area contributed by atoms with Crippen molar-refractivity contribution in [2.75, 3.05) is 11.1 Å². The van der Waals surface area contributed by atoms with Crippen LogP contribution in [0.1, 0.15) is 11.4 Å². The maximum Gasteiger partial charge on any atom is 0.234 e. The van der Waals surface area contributed by atoms with Gasteiger partial charge in [-0.1, -0.05) is 11.8 Å². The fourth-order valence-corrected chi connectivity index (χ4v) is 2.35. The Balaban J connectivity index is 1.96. The first-order valence-corrected chi connectivity index (χ1v) is 6.74. The van der Waals surface area contributed by atoms with E-state index >= 15 is 0 Å². The molecule has 0 aliphatic rings. The lowest BCUT2D eigenvalue weighted by Crippen LogP contribution is -2.15. The Kier molecular flexibility index (Phi) is 3.89. The Morgan fingerprint density at radius 1 is 1.42 bits per heavy atom. The van der Waals surface area contributed by atoms with E-state index in [1.165, 1.54) is 11.8 Å². The van der Waals surface area contributed by atoms with Crippen molar-refractivity contribution in [1.82, 2.24) is 24.5 Å². The molecule has 0 aliphatic heterocycles. The van der Waals surface area contributed by atoms with Gasteiger partial charge in [-0.2, -0.15) is 5.10 Å². The van der Waals surface area contributed by atoms with Crippen molar-refractivity contribution in [2.24, 2.45) is 14.1 Å². The zero-order chi connectivity index (χ0) is 14.0. The molecule has 1 N–H and O–H groups in total. The van der Waals surface area contributed by atoms with Crippen LogP contribution in [0.2, 0.25) is 0 Å². The molecule has 2 rings (SSSR count). The normalized spacial score (nSPS) is 10.7. The van der Waals surface area contributed by atoms with E-state index in [2.05, 4.69) is 20.6 Å². The summed E-state index contributed by atoms with van der Waals surface area (Å²) in [5, 5.41) is 15.5. The van der Waals surface area contributed by atoms with Gasteiger partial charge in [0, 0.05) is 14.1 Å². The number of rotatable bonds is 4. The van der Waals surface area contributed by atoms with Crippen LogP contribution in [0.5, 0.6) is 0 Å². The van der Waals surface area contributed by atoms with E-state index in [0.717, 1.165) is 22.2 Å². The minimum atomic E-state index is -0.0767. The first-order chi connectivity index (χ1) is 8.99. The monoisotopic (exact) mass is 280 g/mol. The zero-order valence-electron chi connectivity index (χ0n) is 11.3. The van der Waals surface area contributed by atoms with Gasteiger partial charge >= 0.3 is 0 Å². The molecule has 8 heteroatoms. The third-order valence-corrected chi connectivity index (χ3v) is 3.81. The summed E-state index contributed by atoms with van der Waals surface area (Å²) in [6.45, 7) is 3.80. The topological polar surface area (TPSA) is 77.6 Å². The minimum absolute atomic E-state index is 0.0767. The molecule has 0 saturated carbocycles. The second-order valence-electron chi connectivity index (χ2n) is 4.23. The molecular weight excluding hydrogens is 264 g/mol. The van der Waals surface area contributed by atoms with Crippen molar-refractivity contribution in [2.45, 2.75) is 19.0 Å². The number of nitrogens with zero attached hydrogens (tertiary/aromatic N) is 5. The van der Waals surface area contributed by atoms with Crippen molar-refractivity contribution >= 4 is 23.4 Å². The van der Waals surface area contributed by atoms with Crippen LogP contribution in [0.4, 0.5) is 5.69 Å². The third-order valence-electron chi connectivity index (χ3n) is 2.78. The fourth-order valence-electron chi connectivity index (χ4n) is 1.66. The van der Waals surface area contributed by atoms with Crippen molar-refractivity contribution in [3.05, 3.63) is 17.7 Å². The summed E-state index contributed by atoms with van der Waals surface area (Å²) in [4.78, 5) is 11.9. The van der Waals surface area contributed by atoms with E-state index in [-0.39, 0.29) is 5.91 Å². The highest BCUT2D eigenvalue weighted by Crippen LogP contribution is 2.19. The van der Waals surface area contributed by atoms with Gasteiger partial charge in [-0.15, -0.1) is 10.2 Å². The Morgan fingerprint density at radius 3 is 2.68 bits per heavy atom. The molecule has 0 spiro atoms. The lowest BCUT2D eigenvalue weighted by molar-refractivity contribution is -0.113. The SMILES string of the molecule is Cc1nn(C)c(C)c1NC(=O)CSc1nncn1C. The van der Waals surface area contributed by atoms with Crippen LogP contribution in [-0.4, -0.2) is 36.2 Å². The van der Waals surface area contributed by atoms with Gasteiger partial charge in [-0.3, -0.25) is 9.48 Å². The Bertz CT molecular complexity index is 602. The fraction of sp³-hybridized carbons (Fsp3) is 0.455. The van der Waals surface area contributed by atoms with Crippen molar-refractivity contribution in [3.63, 3.8) is 0 Å². The third kappa shape index (κ3) is 2.95. The lowest BCUT2D eigenvalue weighted by atomic mass is 10.3. The molecule has 0 fully saturated rings. The first kappa shape index (κ1) is 13.6. The highest BCUT2D eigenvalue weighted by Gasteiger charge is 2.13. The number of hydrogen-bond donors (Lipinski definition) is 1. The molecule has 2 aromatic rings. The number of thioether (sulfide) groups is 1. The molecular formula is C11H16N6OS. The summed E-state index contributed by atoms with van der Waals surface area (Å²) in [5.74, 6) is 0.215. The summed E-state index contributed by atoms with van der Waals surface area (Å²) < 4.78 is 3.53. The number of aryl methyl sites for hydroxylation is 3. The van der Waals surface area contributed by atoms with Crippen molar-refractivity contribution < 1.29 is 4.79 Å². The van der Waals surface area contributed by atoms with Crippen molar-refractivity contribution in [3.8, 4) is 0 Å². The summed E-state index contributed by atoms with van der Waals surface area (Å²) in [6.07, 6.45) is 1.61. The van der Waals surface area contributed by atoms with Gasteiger partial charge in [0.2, 0.25) is 5.91 Å². The van der Waals surface area contributed by atoms with Gasteiger partial charge in [0.25, 0.3) is 0 Å². The van der Waals surface area contributed by atoms with Crippen LogP contribution in [0.15, 0.2) is 11.5 Å². The van der Waals surface area contributed by atoms with E-state index in [1.807, 2.05) is 27.9 Å². The predicted molar refractivity (Wildman–Crippen MR) is 73.0 cm³/mol. The van der Waals surface area contributed by atoms with Gasteiger partial charge in [0.05, 0.1) is 22.8 Å². The van der Waals surface area contributed by atoms with Crippen LogP contribution in [0, 0.1) is 13.8 Å². The highest BCUT2D eigenvalue weighted by atomic mass is 32.2. The molecule has 102 valence electrons. The van der Waals surface area contributed by atoms with E-state index < -0.39 is 0 Å². The standard InChI is InChI=1S/C11H16N6OS/c1-7-10(8(2)17(4)15-7)13-9(18)5-19-11-14-12-6-16(11)3/h6H,5H2,1-4H3,(H,13,18). The van der Waals surface area contributed by atoms with Crippen LogP contribution < -0.4 is 5.32 Å². The average Bonchev–Trinajstić information content (AvgIpc) is 2.86. The minimum Gasteiger partial charge on any atom is -0.322 e. The molecule has 0 aromatic carbocycles. The summed E-state index contributed by atoms with van der Waals surface area (Å²) >= 11 is 1.35. The number of aromatic nitrogens is 5. The van der Waals surface area contributed by atoms with Crippen LogP contribution in [0.25, 0.3) is 0 Å². The molecule has 7 nitrogen and oxygen atoms in total. The van der Waals surface area contributed by atoms with E-state index in [9.17, 15) is 4.79 Å². The summed E-state index contributed by atoms with van der Waals surface area (Å²) in [6, 6.07) is 0. The van der Waals surface area contributed by atoms with Gasteiger partial charge in [0.15, 0.2) is 5.16 Å². The molecule has 0 radical (unpaired) electrons. The Morgan fingerprint density at radius 2 is 2.16 bits per heavy atom. The Labute approximate surface area is 115 Å². The molecule has 1 amide bonds. The number of carbonyl (C=O) groups excluding carboxylic acids is 1. The molecule has 0 saturated heterocycles. The maximum absolute atomic E-state index is 11.9. The number of nitrogens with one attached hydrogen (secondary N) is 1. The second kappa shape index (κ2) is 5.43. The molecule has 0 aliphatic carbocycles. The van der Waals surface area contributed by atoms with E-state index in [4.69, 9.17) is 0 Å². The number of anilines is 1. The molecule has 2 heterocycles. The van der Waals surface area contributed by atoms with Gasteiger partial charge in [0.1, 0.15) is 6.33 Å². The van der Waals surface area contributed by atoms with E-state index in [1.54, 1.807) is 15.6 Å². The molecule has 19 heavy (non-hydrogen) atoms.